The number of nitriles is 1. The van der Waals surface area contributed by atoms with E-state index in [2.05, 4.69) is 16.2 Å². The second-order valence-electron chi connectivity index (χ2n) is 6.21. The lowest BCUT2D eigenvalue weighted by Gasteiger charge is -2.33. The molecule has 3 rings (SSSR count). The van der Waals surface area contributed by atoms with Crippen molar-refractivity contribution >= 4 is 5.91 Å². The summed E-state index contributed by atoms with van der Waals surface area (Å²) in [7, 11) is 0. The third-order valence-electron chi connectivity index (χ3n) is 4.35. The first-order valence-electron chi connectivity index (χ1n) is 8.37. The van der Waals surface area contributed by atoms with Crippen LogP contribution in [0.2, 0.25) is 0 Å². The van der Waals surface area contributed by atoms with Gasteiger partial charge in [0, 0.05) is 13.1 Å². The molecule has 2 aromatic rings. The van der Waals surface area contributed by atoms with Crippen molar-refractivity contribution in [1.82, 2.24) is 19.7 Å². The number of carbonyl (C=O) groups excluding carboxylic acids is 1. The summed E-state index contributed by atoms with van der Waals surface area (Å²) < 4.78 is 7.48. The van der Waals surface area contributed by atoms with Crippen LogP contribution in [0.1, 0.15) is 36.1 Å². The molecule has 2 heterocycles. The van der Waals surface area contributed by atoms with Gasteiger partial charge in [-0.2, -0.15) is 10.4 Å². The highest BCUT2D eigenvalue weighted by atomic mass is 16.5. The molecule has 1 saturated heterocycles. The van der Waals surface area contributed by atoms with E-state index in [9.17, 15) is 4.79 Å². The number of nitrogens with zero attached hydrogens (tertiary/aromatic N) is 5. The normalized spacial score (nSPS) is 17.2. The molecule has 0 bridgehead atoms. The highest BCUT2D eigenvalue weighted by Gasteiger charge is 2.26. The number of ether oxygens (including phenoxy) is 1. The van der Waals surface area contributed by atoms with E-state index in [-0.39, 0.29) is 18.6 Å². The van der Waals surface area contributed by atoms with Gasteiger partial charge < -0.3 is 9.64 Å². The second-order valence-corrected chi connectivity index (χ2v) is 6.21. The molecular weight excluding hydrogens is 318 g/mol. The molecule has 0 aliphatic carbocycles. The van der Waals surface area contributed by atoms with Crippen molar-refractivity contribution in [1.29, 1.82) is 5.26 Å². The monoisotopic (exact) mass is 339 g/mol. The molecule has 1 unspecified atom stereocenters. The Kier molecular flexibility index (Phi) is 4.98. The third-order valence-corrected chi connectivity index (χ3v) is 4.35. The summed E-state index contributed by atoms with van der Waals surface area (Å²) in [6.45, 7) is 5.17. The van der Waals surface area contributed by atoms with Gasteiger partial charge in [0.25, 0.3) is 5.91 Å². The Morgan fingerprint density at radius 3 is 2.76 bits per heavy atom. The Hall–Kier alpha value is -2.88. The predicted octanol–water partition coefficient (Wildman–Crippen LogP) is 2.01. The van der Waals surface area contributed by atoms with Gasteiger partial charge in [-0.3, -0.25) is 4.79 Å². The van der Waals surface area contributed by atoms with Crippen LogP contribution in [0.4, 0.5) is 0 Å². The zero-order valence-corrected chi connectivity index (χ0v) is 14.5. The van der Waals surface area contributed by atoms with Gasteiger partial charge in [0.2, 0.25) is 0 Å². The molecule has 1 aliphatic rings. The standard InChI is InChI=1S/C18H21N5O2/c1-13-20-14(2)23(21-13)16-4-3-9-22(11-16)18(24)12-25-17-7-5-15(10-19)6-8-17/h5-8,16H,3-4,9,11-12H2,1-2H3. The number of aromatic nitrogens is 3. The van der Waals surface area contributed by atoms with Crippen LogP contribution in [0, 0.1) is 25.2 Å². The molecule has 1 fully saturated rings. The number of piperidine rings is 1. The highest BCUT2D eigenvalue weighted by Crippen LogP contribution is 2.22. The summed E-state index contributed by atoms with van der Waals surface area (Å²) in [5.74, 6) is 2.18. The lowest BCUT2D eigenvalue weighted by molar-refractivity contribution is -0.135. The van der Waals surface area contributed by atoms with Crippen LogP contribution in [0.3, 0.4) is 0 Å². The minimum absolute atomic E-state index is 0.00596. The number of likely N-dealkylation sites (tertiary alicyclic amines) is 1. The summed E-state index contributed by atoms with van der Waals surface area (Å²) in [6.07, 6.45) is 1.93. The first-order chi connectivity index (χ1) is 12.1. The first-order valence-corrected chi connectivity index (χ1v) is 8.37. The van der Waals surface area contributed by atoms with E-state index in [0.29, 0.717) is 17.9 Å². The van der Waals surface area contributed by atoms with Gasteiger partial charge in [-0.25, -0.2) is 9.67 Å². The van der Waals surface area contributed by atoms with Crippen LogP contribution in [0.25, 0.3) is 0 Å². The smallest absolute Gasteiger partial charge is 0.260 e. The zero-order chi connectivity index (χ0) is 17.8. The molecular formula is C18H21N5O2. The van der Waals surface area contributed by atoms with Crippen LogP contribution >= 0.6 is 0 Å². The number of rotatable bonds is 4. The van der Waals surface area contributed by atoms with E-state index in [1.807, 2.05) is 23.4 Å². The molecule has 1 aromatic carbocycles. The molecule has 0 radical (unpaired) electrons. The number of amides is 1. The van der Waals surface area contributed by atoms with Crippen molar-refractivity contribution in [3.63, 3.8) is 0 Å². The van der Waals surface area contributed by atoms with E-state index < -0.39 is 0 Å². The number of hydrogen-bond acceptors (Lipinski definition) is 5. The summed E-state index contributed by atoms with van der Waals surface area (Å²) in [6, 6.07) is 8.96. The molecule has 0 N–H and O–H groups in total. The van der Waals surface area contributed by atoms with Gasteiger partial charge >= 0.3 is 0 Å². The minimum Gasteiger partial charge on any atom is -0.484 e. The van der Waals surface area contributed by atoms with Gasteiger partial charge in [-0.15, -0.1) is 0 Å². The van der Waals surface area contributed by atoms with Crippen molar-refractivity contribution in [2.45, 2.75) is 32.7 Å². The Morgan fingerprint density at radius 1 is 1.36 bits per heavy atom. The SMILES string of the molecule is Cc1nc(C)n(C2CCCN(C(=O)COc3ccc(C#N)cc3)C2)n1. The molecule has 1 atom stereocenters. The van der Waals surface area contributed by atoms with E-state index in [0.717, 1.165) is 31.0 Å². The maximum atomic E-state index is 12.5. The summed E-state index contributed by atoms with van der Waals surface area (Å²) >= 11 is 0. The largest absolute Gasteiger partial charge is 0.484 e. The number of carbonyl (C=O) groups is 1. The fraction of sp³-hybridized carbons (Fsp3) is 0.444. The molecule has 1 aromatic heterocycles. The Morgan fingerprint density at radius 2 is 2.12 bits per heavy atom. The number of hydrogen-bond donors (Lipinski definition) is 0. The first kappa shape index (κ1) is 17.0. The lowest BCUT2D eigenvalue weighted by atomic mass is 10.1. The molecule has 130 valence electrons. The van der Waals surface area contributed by atoms with E-state index >= 15 is 0 Å². The van der Waals surface area contributed by atoms with Crippen LogP contribution < -0.4 is 4.74 Å². The Bertz CT molecular complexity index is 791. The molecule has 1 aliphatic heterocycles. The van der Waals surface area contributed by atoms with Crippen molar-refractivity contribution in [2.24, 2.45) is 0 Å². The second kappa shape index (κ2) is 7.34. The molecule has 1 amide bonds. The average molecular weight is 339 g/mol. The van der Waals surface area contributed by atoms with Crippen LogP contribution in [-0.4, -0.2) is 45.3 Å². The molecule has 7 nitrogen and oxygen atoms in total. The predicted molar refractivity (Wildman–Crippen MR) is 91.0 cm³/mol. The lowest BCUT2D eigenvalue weighted by Crippen LogP contribution is -2.43. The van der Waals surface area contributed by atoms with Crippen LogP contribution in [0.5, 0.6) is 5.75 Å². The number of aryl methyl sites for hydroxylation is 2. The minimum atomic E-state index is -0.0384. The Labute approximate surface area is 146 Å². The van der Waals surface area contributed by atoms with Gasteiger partial charge in [0.05, 0.1) is 17.7 Å². The number of benzene rings is 1. The topological polar surface area (TPSA) is 84.0 Å². The van der Waals surface area contributed by atoms with Crippen LogP contribution in [-0.2, 0) is 4.79 Å². The molecule has 25 heavy (non-hydrogen) atoms. The Balaban J connectivity index is 1.58. The third kappa shape index (κ3) is 3.97. The fourth-order valence-electron chi connectivity index (χ4n) is 3.12. The summed E-state index contributed by atoms with van der Waals surface area (Å²) in [5, 5.41) is 13.2. The van der Waals surface area contributed by atoms with Crippen molar-refractivity contribution < 1.29 is 9.53 Å². The van der Waals surface area contributed by atoms with Gasteiger partial charge in [-0.05, 0) is 51.0 Å². The molecule has 0 spiro atoms. The van der Waals surface area contributed by atoms with Crippen LogP contribution in [0.15, 0.2) is 24.3 Å². The van der Waals surface area contributed by atoms with Gasteiger partial charge in [0.15, 0.2) is 6.61 Å². The highest BCUT2D eigenvalue weighted by molar-refractivity contribution is 5.77. The van der Waals surface area contributed by atoms with Gasteiger partial charge in [0.1, 0.15) is 17.4 Å². The maximum absolute atomic E-state index is 12.5. The summed E-state index contributed by atoms with van der Waals surface area (Å²) in [4.78, 5) is 18.6. The van der Waals surface area contributed by atoms with Gasteiger partial charge in [-0.1, -0.05) is 0 Å². The van der Waals surface area contributed by atoms with Crippen molar-refractivity contribution in [2.75, 3.05) is 19.7 Å². The fourth-order valence-corrected chi connectivity index (χ4v) is 3.12. The molecule has 0 saturated carbocycles. The van der Waals surface area contributed by atoms with Crippen molar-refractivity contribution in [3.05, 3.63) is 41.5 Å². The average Bonchev–Trinajstić information content (AvgIpc) is 2.98. The maximum Gasteiger partial charge on any atom is 0.260 e. The molecule has 7 heteroatoms. The van der Waals surface area contributed by atoms with Crippen molar-refractivity contribution in [3.8, 4) is 11.8 Å². The van der Waals surface area contributed by atoms with E-state index in [1.165, 1.54) is 0 Å². The van der Waals surface area contributed by atoms with E-state index in [1.54, 1.807) is 24.3 Å². The summed E-state index contributed by atoms with van der Waals surface area (Å²) in [5.41, 5.74) is 0.566. The zero-order valence-electron chi connectivity index (χ0n) is 14.5. The van der Waals surface area contributed by atoms with E-state index in [4.69, 9.17) is 10.00 Å². The quantitative estimate of drug-likeness (QED) is 0.851.